The molecule has 4 heteroatoms. The van der Waals surface area contributed by atoms with E-state index < -0.39 is 0 Å². The third-order valence-electron chi connectivity index (χ3n) is 3.93. The molecule has 1 aliphatic rings. The Balaban J connectivity index is 1.78. The van der Waals surface area contributed by atoms with Crippen LogP contribution in [-0.4, -0.2) is 40.6 Å². The maximum Gasteiger partial charge on any atom is 0.0948 e. The molecule has 1 aromatic heterocycles. The fourth-order valence-electron chi connectivity index (χ4n) is 2.95. The number of likely N-dealkylation sites (tertiary alicyclic amines) is 1. The van der Waals surface area contributed by atoms with Crippen molar-refractivity contribution in [1.29, 1.82) is 0 Å². The summed E-state index contributed by atoms with van der Waals surface area (Å²) in [4.78, 5) is 6.91. The van der Waals surface area contributed by atoms with Crippen LogP contribution in [0.3, 0.4) is 0 Å². The number of hydrogen-bond acceptors (Lipinski definition) is 3. The minimum atomic E-state index is 0.686. The van der Waals surface area contributed by atoms with Crippen molar-refractivity contribution in [2.75, 3.05) is 26.2 Å². The maximum absolute atomic E-state index is 4.31. The molecular weight excluding hydrogens is 248 g/mol. The van der Waals surface area contributed by atoms with Crippen LogP contribution in [0.4, 0.5) is 0 Å². The fraction of sp³-hybridized carbons (Fsp3) is 0.812. The second-order valence-corrected chi connectivity index (χ2v) is 6.67. The third-order valence-corrected chi connectivity index (χ3v) is 3.93. The number of nitrogens with one attached hydrogen (secondary N) is 1. The average Bonchev–Trinajstić information content (AvgIpc) is 3.01. The van der Waals surface area contributed by atoms with E-state index in [0.29, 0.717) is 11.8 Å². The van der Waals surface area contributed by atoms with Crippen molar-refractivity contribution in [3.05, 3.63) is 18.2 Å². The summed E-state index contributed by atoms with van der Waals surface area (Å²) >= 11 is 0. The molecule has 0 saturated carbocycles. The van der Waals surface area contributed by atoms with Gasteiger partial charge in [-0.25, -0.2) is 4.98 Å². The first-order valence-corrected chi connectivity index (χ1v) is 8.07. The Bertz CT molecular complexity index is 380. The van der Waals surface area contributed by atoms with Gasteiger partial charge in [-0.05, 0) is 44.3 Å². The van der Waals surface area contributed by atoms with Crippen LogP contribution in [0.2, 0.25) is 0 Å². The molecule has 1 unspecified atom stereocenters. The fourth-order valence-corrected chi connectivity index (χ4v) is 2.95. The predicted octanol–water partition coefficient (Wildman–Crippen LogP) is 2.36. The minimum Gasteiger partial charge on any atom is -0.333 e. The van der Waals surface area contributed by atoms with Gasteiger partial charge in [0.15, 0.2) is 0 Å². The summed E-state index contributed by atoms with van der Waals surface area (Å²) in [6, 6.07) is 0. The second kappa shape index (κ2) is 7.79. The number of nitrogens with zero attached hydrogens (tertiary/aromatic N) is 3. The molecule has 114 valence electrons. The van der Waals surface area contributed by atoms with Gasteiger partial charge in [0.2, 0.25) is 0 Å². The van der Waals surface area contributed by atoms with E-state index in [0.717, 1.165) is 19.6 Å². The van der Waals surface area contributed by atoms with Crippen molar-refractivity contribution in [2.45, 2.75) is 46.7 Å². The zero-order valence-corrected chi connectivity index (χ0v) is 13.3. The zero-order chi connectivity index (χ0) is 14.4. The molecule has 1 aliphatic heterocycles. The lowest BCUT2D eigenvalue weighted by molar-refractivity contribution is 0.270. The van der Waals surface area contributed by atoms with Crippen LogP contribution in [0.5, 0.6) is 0 Å². The monoisotopic (exact) mass is 278 g/mol. The molecule has 0 aliphatic carbocycles. The van der Waals surface area contributed by atoms with Crippen molar-refractivity contribution in [3.8, 4) is 0 Å². The molecule has 0 amide bonds. The van der Waals surface area contributed by atoms with E-state index in [1.807, 2.05) is 12.5 Å². The Hall–Kier alpha value is -0.870. The van der Waals surface area contributed by atoms with Gasteiger partial charge in [-0.3, -0.25) is 0 Å². The molecular formula is C16H30N4. The average molecular weight is 278 g/mol. The molecule has 2 rings (SSSR count). The van der Waals surface area contributed by atoms with Gasteiger partial charge >= 0.3 is 0 Å². The smallest absolute Gasteiger partial charge is 0.0948 e. The lowest BCUT2D eigenvalue weighted by Gasteiger charge is -2.21. The van der Waals surface area contributed by atoms with E-state index in [-0.39, 0.29) is 0 Å². The van der Waals surface area contributed by atoms with Crippen LogP contribution in [0.1, 0.15) is 39.3 Å². The van der Waals surface area contributed by atoms with Gasteiger partial charge in [-0.2, -0.15) is 0 Å². The molecule has 1 N–H and O–H groups in total. The number of rotatable bonds is 8. The molecule has 4 nitrogen and oxygen atoms in total. The Kier molecular flexibility index (Phi) is 6.05. The molecule has 1 fully saturated rings. The van der Waals surface area contributed by atoms with Crippen molar-refractivity contribution in [1.82, 2.24) is 19.8 Å². The van der Waals surface area contributed by atoms with Gasteiger partial charge in [0.1, 0.15) is 0 Å². The molecule has 1 atom stereocenters. The van der Waals surface area contributed by atoms with Crippen LogP contribution in [0, 0.1) is 11.8 Å². The first-order chi connectivity index (χ1) is 9.65. The van der Waals surface area contributed by atoms with E-state index in [1.165, 1.54) is 38.2 Å². The van der Waals surface area contributed by atoms with Crippen LogP contribution in [0.25, 0.3) is 0 Å². The van der Waals surface area contributed by atoms with E-state index >= 15 is 0 Å². The third kappa shape index (κ3) is 4.91. The molecule has 0 spiro atoms. The van der Waals surface area contributed by atoms with Crippen LogP contribution >= 0.6 is 0 Å². The maximum atomic E-state index is 4.31. The summed E-state index contributed by atoms with van der Waals surface area (Å²) in [5, 5.41) is 3.50. The predicted molar refractivity (Wildman–Crippen MR) is 83.6 cm³/mol. The lowest BCUT2D eigenvalue weighted by Crippen LogP contribution is -2.28. The van der Waals surface area contributed by atoms with Crippen molar-refractivity contribution in [3.63, 3.8) is 0 Å². The van der Waals surface area contributed by atoms with Gasteiger partial charge < -0.3 is 14.8 Å². The Morgan fingerprint density at radius 2 is 1.95 bits per heavy atom. The minimum absolute atomic E-state index is 0.686. The highest BCUT2D eigenvalue weighted by molar-refractivity contribution is 4.98. The van der Waals surface area contributed by atoms with E-state index in [9.17, 15) is 0 Å². The summed E-state index contributed by atoms with van der Waals surface area (Å²) in [7, 11) is 0. The molecule has 0 aromatic carbocycles. The van der Waals surface area contributed by atoms with Crippen LogP contribution in [0.15, 0.2) is 12.5 Å². The highest BCUT2D eigenvalue weighted by Crippen LogP contribution is 2.12. The number of aromatic nitrogens is 2. The van der Waals surface area contributed by atoms with Crippen molar-refractivity contribution in [2.24, 2.45) is 11.8 Å². The summed E-state index contributed by atoms with van der Waals surface area (Å²) in [5.41, 5.74) is 1.30. The number of hydrogen-bond donors (Lipinski definition) is 1. The van der Waals surface area contributed by atoms with Gasteiger partial charge in [-0.1, -0.05) is 20.8 Å². The number of imidazole rings is 1. The standard InChI is InChI=1S/C16H30N4/c1-14(2)8-17-9-16-10-18-13-20(16)12-15(3)11-19-6-4-5-7-19/h10,13-15,17H,4-9,11-12H2,1-3H3. The second-order valence-electron chi connectivity index (χ2n) is 6.67. The van der Waals surface area contributed by atoms with Gasteiger partial charge in [0.25, 0.3) is 0 Å². The summed E-state index contributed by atoms with van der Waals surface area (Å²) in [6.07, 6.45) is 6.73. The zero-order valence-electron chi connectivity index (χ0n) is 13.3. The summed E-state index contributed by atoms with van der Waals surface area (Å²) in [6.45, 7) is 13.7. The van der Waals surface area contributed by atoms with Crippen molar-refractivity contribution < 1.29 is 0 Å². The molecule has 0 bridgehead atoms. The quantitative estimate of drug-likeness (QED) is 0.792. The Morgan fingerprint density at radius 3 is 2.65 bits per heavy atom. The van der Waals surface area contributed by atoms with E-state index in [1.54, 1.807) is 0 Å². The molecule has 0 radical (unpaired) electrons. The molecule has 2 heterocycles. The lowest BCUT2D eigenvalue weighted by atomic mass is 10.1. The highest BCUT2D eigenvalue weighted by Gasteiger charge is 2.15. The van der Waals surface area contributed by atoms with Gasteiger partial charge in [0.05, 0.1) is 12.0 Å². The molecule has 20 heavy (non-hydrogen) atoms. The first-order valence-electron chi connectivity index (χ1n) is 8.07. The molecule has 1 saturated heterocycles. The summed E-state index contributed by atoms with van der Waals surface area (Å²) in [5.74, 6) is 1.38. The van der Waals surface area contributed by atoms with E-state index in [4.69, 9.17) is 0 Å². The van der Waals surface area contributed by atoms with E-state index in [2.05, 4.69) is 40.5 Å². The normalized spacial score (nSPS) is 18.0. The van der Waals surface area contributed by atoms with Crippen LogP contribution in [-0.2, 0) is 13.1 Å². The van der Waals surface area contributed by atoms with Crippen molar-refractivity contribution >= 4 is 0 Å². The molecule has 1 aromatic rings. The van der Waals surface area contributed by atoms with Gasteiger partial charge in [0, 0.05) is 25.8 Å². The van der Waals surface area contributed by atoms with Crippen LogP contribution < -0.4 is 5.32 Å². The SMILES string of the molecule is CC(C)CNCc1cncn1CC(C)CN1CCCC1. The first kappa shape index (κ1) is 15.5. The highest BCUT2D eigenvalue weighted by atomic mass is 15.1. The Morgan fingerprint density at radius 1 is 1.20 bits per heavy atom. The topological polar surface area (TPSA) is 33.1 Å². The largest absolute Gasteiger partial charge is 0.333 e. The summed E-state index contributed by atoms with van der Waals surface area (Å²) < 4.78 is 2.31. The van der Waals surface area contributed by atoms with Gasteiger partial charge in [-0.15, -0.1) is 0 Å². The Labute approximate surface area is 123 Å².